The third-order valence-electron chi connectivity index (χ3n) is 4.76. The molecule has 0 unspecified atom stereocenters. The van der Waals surface area contributed by atoms with Crippen LogP contribution in [0, 0.1) is 0 Å². The van der Waals surface area contributed by atoms with Gasteiger partial charge in [-0.15, -0.1) is 0 Å². The van der Waals surface area contributed by atoms with Crippen LogP contribution in [-0.4, -0.2) is 85.9 Å². The van der Waals surface area contributed by atoms with Crippen LogP contribution in [0.15, 0.2) is 30.3 Å². The number of nitrogens with one attached hydrogen (secondary N) is 1. The highest BCUT2D eigenvalue weighted by atomic mass is 16.2. The Labute approximate surface area is 157 Å². The van der Waals surface area contributed by atoms with Crippen molar-refractivity contribution < 1.29 is 9.59 Å². The van der Waals surface area contributed by atoms with Crippen molar-refractivity contribution in [1.82, 2.24) is 20.0 Å². The van der Waals surface area contributed by atoms with Gasteiger partial charge in [-0.1, -0.05) is 37.3 Å². The van der Waals surface area contributed by atoms with Gasteiger partial charge in [-0.05, 0) is 18.4 Å². The van der Waals surface area contributed by atoms with Gasteiger partial charge in [0, 0.05) is 46.3 Å². The number of carbonyl (C=O) groups is 2. The van der Waals surface area contributed by atoms with Crippen LogP contribution in [0.3, 0.4) is 0 Å². The van der Waals surface area contributed by atoms with Crippen molar-refractivity contribution in [2.24, 2.45) is 0 Å². The average Bonchev–Trinajstić information content (AvgIpc) is 2.66. The molecule has 2 rings (SSSR count). The normalized spacial score (nSPS) is 15.6. The van der Waals surface area contributed by atoms with Gasteiger partial charge in [0.1, 0.15) is 0 Å². The summed E-state index contributed by atoms with van der Waals surface area (Å²) in [5, 5.41) is 2.80. The van der Waals surface area contributed by atoms with Gasteiger partial charge in [0.15, 0.2) is 0 Å². The van der Waals surface area contributed by atoms with Crippen LogP contribution in [0.4, 0.5) is 0 Å². The van der Waals surface area contributed by atoms with E-state index in [9.17, 15) is 9.59 Å². The fourth-order valence-electron chi connectivity index (χ4n) is 3.04. The third-order valence-corrected chi connectivity index (χ3v) is 4.76. The number of nitrogens with zero attached hydrogens (tertiary/aromatic N) is 3. The highest BCUT2D eigenvalue weighted by Crippen LogP contribution is 2.06. The van der Waals surface area contributed by atoms with Crippen molar-refractivity contribution >= 4 is 11.8 Å². The maximum Gasteiger partial charge on any atom is 0.239 e. The first-order chi connectivity index (χ1) is 12.6. The number of benzene rings is 1. The Morgan fingerprint density at radius 2 is 1.73 bits per heavy atom. The quantitative estimate of drug-likeness (QED) is 0.709. The molecular weight excluding hydrogens is 328 g/mol. The van der Waals surface area contributed by atoms with Crippen LogP contribution in [0.25, 0.3) is 0 Å². The molecule has 0 spiro atoms. The lowest BCUT2D eigenvalue weighted by Crippen LogP contribution is -2.50. The minimum Gasteiger partial charge on any atom is -0.355 e. The standard InChI is InChI=1S/C20H32N4O2/c1-3-10-21-19(25)16-22(2)20(26)17-24-14-12-23(13-15-24)11-9-18-7-5-4-6-8-18/h4-8H,3,9-17H2,1-2H3,(H,21,25). The molecule has 2 amide bonds. The molecule has 0 saturated carbocycles. The molecular formula is C20H32N4O2. The van der Waals surface area contributed by atoms with E-state index in [1.807, 2.05) is 13.0 Å². The molecule has 1 aromatic carbocycles. The predicted octanol–water partition coefficient (Wildman–Crippen LogP) is 0.831. The molecule has 1 N–H and O–H groups in total. The Bertz CT molecular complexity index is 556. The second-order valence-corrected chi connectivity index (χ2v) is 6.95. The number of rotatable bonds is 9. The Morgan fingerprint density at radius 3 is 2.38 bits per heavy atom. The maximum absolute atomic E-state index is 12.3. The van der Waals surface area contributed by atoms with Gasteiger partial charge in [-0.3, -0.25) is 14.5 Å². The lowest BCUT2D eigenvalue weighted by Gasteiger charge is -2.35. The summed E-state index contributed by atoms with van der Waals surface area (Å²) in [7, 11) is 1.70. The lowest BCUT2D eigenvalue weighted by atomic mass is 10.1. The topological polar surface area (TPSA) is 55.9 Å². The SMILES string of the molecule is CCCNC(=O)CN(C)C(=O)CN1CCN(CCc2ccccc2)CC1. The molecule has 0 aliphatic carbocycles. The molecule has 1 aliphatic heterocycles. The van der Waals surface area contributed by atoms with Crippen LogP contribution in [-0.2, 0) is 16.0 Å². The predicted molar refractivity (Wildman–Crippen MR) is 104 cm³/mol. The molecule has 0 radical (unpaired) electrons. The Balaban J connectivity index is 1.64. The van der Waals surface area contributed by atoms with Crippen LogP contribution in [0.5, 0.6) is 0 Å². The molecule has 1 heterocycles. The minimum absolute atomic E-state index is 0.00869. The number of hydrogen-bond donors (Lipinski definition) is 1. The first-order valence-corrected chi connectivity index (χ1v) is 9.57. The minimum atomic E-state index is -0.0894. The van der Waals surface area contributed by atoms with Gasteiger partial charge < -0.3 is 15.1 Å². The van der Waals surface area contributed by atoms with Crippen LogP contribution >= 0.6 is 0 Å². The number of hydrogen-bond acceptors (Lipinski definition) is 4. The second-order valence-electron chi connectivity index (χ2n) is 6.95. The molecule has 1 aliphatic rings. The number of piperazine rings is 1. The summed E-state index contributed by atoms with van der Waals surface area (Å²) in [6, 6.07) is 10.5. The average molecular weight is 361 g/mol. The second kappa shape index (κ2) is 10.9. The highest BCUT2D eigenvalue weighted by Gasteiger charge is 2.21. The van der Waals surface area contributed by atoms with Gasteiger partial charge in [0.05, 0.1) is 13.1 Å². The zero-order chi connectivity index (χ0) is 18.8. The zero-order valence-electron chi connectivity index (χ0n) is 16.1. The van der Waals surface area contributed by atoms with Crippen molar-refractivity contribution in [1.29, 1.82) is 0 Å². The molecule has 6 heteroatoms. The Hall–Kier alpha value is -1.92. The van der Waals surface area contributed by atoms with Crippen molar-refractivity contribution in [3.05, 3.63) is 35.9 Å². The Morgan fingerprint density at radius 1 is 1.08 bits per heavy atom. The first-order valence-electron chi connectivity index (χ1n) is 9.57. The van der Waals surface area contributed by atoms with E-state index in [2.05, 4.69) is 39.4 Å². The van der Waals surface area contributed by atoms with Gasteiger partial charge in [-0.2, -0.15) is 0 Å². The van der Waals surface area contributed by atoms with Crippen molar-refractivity contribution in [2.75, 3.05) is 59.4 Å². The van der Waals surface area contributed by atoms with Crippen molar-refractivity contribution in [3.63, 3.8) is 0 Å². The largest absolute Gasteiger partial charge is 0.355 e. The van der Waals surface area contributed by atoms with E-state index in [1.54, 1.807) is 7.05 Å². The summed E-state index contributed by atoms with van der Waals surface area (Å²) in [4.78, 5) is 30.2. The molecule has 0 atom stereocenters. The molecule has 1 fully saturated rings. The zero-order valence-corrected chi connectivity index (χ0v) is 16.1. The maximum atomic E-state index is 12.3. The number of carbonyl (C=O) groups excluding carboxylic acids is 2. The smallest absolute Gasteiger partial charge is 0.239 e. The molecule has 144 valence electrons. The van der Waals surface area contributed by atoms with Crippen molar-refractivity contribution in [2.45, 2.75) is 19.8 Å². The highest BCUT2D eigenvalue weighted by molar-refractivity contribution is 5.85. The fourth-order valence-corrected chi connectivity index (χ4v) is 3.04. The lowest BCUT2D eigenvalue weighted by molar-refractivity contribution is -0.135. The van der Waals surface area contributed by atoms with E-state index >= 15 is 0 Å². The van der Waals surface area contributed by atoms with Gasteiger partial charge >= 0.3 is 0 Å². The molecule has 1 saturated heterocycles. The molecule has 0 aromatic heterocycles. The first kappa shape index (κ1) is 20.4. The molecule has 26 heavy (non-hydrogen) atoms. The number of likely N-dealkylation sites (N-methyl/N-ethyl adjacent to an activating group) is 1. The van der Waals surface area contributed by atoms with E-state index in [0.717, 1.165) is 45.6 Å². The summed E-state index contributed by atoms with van der Waals surface area (Å²) in [5.41, 5.74) is 1.37. The van der Waals surface area contributed by atoms with Crippen LogP contribution in [0.1, 0.15) is 18.9 Å². The van der Waals surface area contributed by atoms with Crippen LogP contribution < -0.4 is 5.32 Å². The van der Waals surface area contributed by atoms with Gasteiger partial charge in [0.25, 0.3) is 0 Å². The Kier molecular flexibility index (Phi) is 8.58. The van der Waals surface area contributed by atoms with E-state index in [1.165, 1.54) is 10.5 Å². The van der Waals surface area contributed by atoms with E-state index in [4.69, 9.17) is 0 Å². The van der Waals surface area contributed by atoms with Gasteiger partial charge in [0.2, 0.25) is 11.8 Å². The van der Waals surface area contributed by atoms with Crippen LogP contribution in [0.2, 0.25) is 0 Å². The summed E-state index contributed by atoms with van der Waals surface area (Å²) in [6.07, 6.45) is 1.97. The fraction of sp³-hybridized carbons (Fsp3) is 0.600. The van der Waals surface area contributed by atoms with E-state index in [0.29, 0.717) is 13.1 Å². The third kappa shape index (κ3) is 7.14. The monoisotopic (exact) mass is 360 g/mol. The molecule has 6 nitrogen and oxygen atoms in total. The van der Waals surface area contributed by atoms with E-state index in [-0.39, 0.29) is 18.4 Å². The van der Waals surface area contributed by atoms with E-state index < -0.39 is 0 Å². The summed E-state index contributed by atoms with van der Waals surface area (Å²) in [6.45, 7) is 8.03. The molecule has 1 aromatic rings. The summed E-state index contributed by atoms with van der Waals surface area (Å²) in [5.74, 6) is -0.0807. The molecule has 0 bridgehead atoms. The van der Waals surface area contributed by atoms with Gasteiger partial charge in [-0.25, -0.2) is 0 Å². The summed E-state index contributed by atoms with van der Waals surface area (Å²) >= 11 is 0. The van der Waals surface area contributed by atoms with Crippen molar-refractivity contribution in [3.8, 4) is 0 Å². The number of amides is 2. The summed E-state index contributed by atoms with van der Waals surface area (Å²) < 4.78 is 0.